The molecule has 5 heteroatoms. The quantitative estimate of drug-likeness (QED) is 0.663. The molecule has 21 heavy (non-hydrogen) atoms. The van der Waals surface area contributed by atoms with Crippen LogP contribution < -0.4 is 0 Å². The van der Waals surface area contributed by atoms with Gasteiger partial charge in [-0.3, -0.25) is 0 Å². The third-order valence-corrected chi connectivity index (χ3v) is 4.08. The van der Waals surface area contributed by atoms with E-state index in [1.807, 2.05) is 20.8 Å². The molecule has 1 fully saturated rings. The molecule has 0 bridgehead atoms. The van der Waals surface area contributed by atoms with Crippen molar-refractivity contribution in [3.8, 4) is 0 Å². The number of aliphatic hydroxyl groups excluding tert-OH is 1. The smallest absolute Gasteiger partial charge is 0.165 e. The molecule has 126 valence electrons. The van der Waals surface area contributed by atoms with Crippen LogP contribution in [0.4, 0.5) is 0 Å². The minimum atomic E-state index is -0.402. The molecule has 0 aromatic carbocycles. The largest absolute Gasteiger partial charge is 0.396 e. The molecule has 0 aliphatic carbocycles. The molecule has 0 amide bonds. The molecule has 0 aromatic rings. The molecule has 0 aromatic heterocycles. The Balaban J connectivity index is 2.44. The van der Waals surface area contributed by atoms with Crippen LogP contribution in [-0.4, -0.2) is 50.7 Å². The minimum absolute atomic E-state index is 0.0429. The highest BCUT2D eigenvalue weighted by Gasteiger charge is 2.35. The van der Waals surface area contributed by atoms with E-state index < -0.39 is 6.29 Å². The van der Waals surface area contributed by atoms with Gasteiger partial charge in [0.15, 0.2) is 12.6 Å². The van der Waals surface area contributed by atoms with E-state index in [2.05, 4.69) is 13.8 Å². The van der Waals surface area contributed by atoms with Crippen LogP contribution in [0.1, 0.15) is 41.0 Å². The maximum absolute atomic E-state index is 9.61. The molecule has 1 N–H and O–H groups in total. The first-order chi connectivity index (χ1) is 9.96. The predicted octanol–water partition coefficient (Wildman–Crippen LogP) is 2.42. The number of rotatable bonds is 9. The molecule has 1 aliphatic rings. The summed E-state index contributed by atoms with van der Waals surface area (Å²) >= 11 is 0. The molecule has 0 saturated carbocycles. The fourth-order valence-corrected chi connectivity index (χ4v) is 2.22. The molecule has 2 atom stereocenters. The summed E-state index contributed by atoms with van der Waals surface area (Å²) in [6.45, 7) is 12.5. The number of hydrogen-bond acceptors (Lipinski definition) is 5. The van der Waals surface area contributed by atoms with Gasteiger partial charge in [0.05, 0.1) is 26.4 Å². The molecule has 1 heterocycles. The molecule has 2 unspecified atom stereocenters. The fraction of sp³-hybridized carbons (Fsp3) is 1.00. The lowest BCUT2D eigenvalue weighted by molar-refractivity contribution is -0.251. The van der Waals surface area contributed by atoms with E-state index in [1.165, 1.54) is 0 Å². The van der Waals surface area contributed by atoms with E-state index >= 15 is 0 Å². The molecule has 0 radical (unpaired) electrons. The topological polar surface area (TPSA) is 57.2 Å². The SMILES string of the molecule is CCOC(OCC1COC(C(C)C)OC1)C(C)(CC)CO. The van der Waals surface area contributed by atoms with Gasteiger partial charge in [0.25, 0.3) is 0 Å². The van der Waals surface area contributed by atoms with Crippen molar-refractivity contribution in [2.75, 3.05) is 33.0 Å². The maximum atomic E-state index is 9.61. The Labute approximate surface area is 128 Å². The van der Waals surface area contributed by atoms with Crippen LogP contribution >= 0.6 is 0 Å². The summed E-state index contributed by atoms with van der Waals surface area (Å²) in [5.41, 5.74) is -0.382. The van der Waals surface area contributed by atoms with Gasteiger partial charge in [0, 0.05) is 23.9 Å². The van der Waals surface area contributed by atoms with Crippen molar-refractivity contribution < 1.29 is 24.1 Å². The molecule has 1 aliphatic heterocycles. The molecule has 1 saturated heterocycles. The highest BCUT2D eigenvalue weighted by molar-refractivity contribution is 4.76. The van der Waals surface area contributed by atoms with Crippen LogP contribution in [-0.2, 0) is 18.9 Å². The molecule has 1 rings (SSSR count). The minimum Gasteiger partial charge on any atom is -0.396 e. The molecule has 5 nitrogen and oxygen atoms in total. The third kappa shape index (κ3) is 5.49. The monoisotopic (exact) mass is 304 g/mol. The van der Waals surface area contributed by atoms with Gasteiger partial charge in [-0.25, -0.2) is 0 Å². The van der Waals surface area contributed by atoms with Gasteiger partial charge in [-0.05, 0) is 13.3 Å². The molecular weight excluding hydrogens is 272 g/mol. The van der Waals surface area contributed by atoms with Crippen molar-refractivity contribution in [1.29, 1.82) is 0 Å². The zero-order valence-corrected chi connectivity index (χ0v) is 14.1. The summed E-state index contributed by atoms with van der Waals surface area (Å²) < 4.78 is 23.0. The highest BCUT2D eigenvalue weighted by Crippen LogP contribution is 2.29. The van der Waals surface area contributed by atoms with Crippen LogP contribution in [0.25, 0.3) is 0 Å². The van der Waals surface area contributed by atoms with Crippen LogP contribution in [0, 0.1) is 17.3 Å². The van der Waals surface area contributed by atoms with Crippen molar-refractivity contribution in [1.82, 2.24) is 0 Å². The van der Waals surface area contributed by atoms with E-state index in [-0.39, 0.29) is 24.2 Å². The number of ether oxygens (including phenoxy) is 4. The normalized spacial score (nSPS) is 27.6. The Morgan fingerprint density at radius 3 is 2.24 bits per heavy atom. The Kier molecular flexibility index (Phi) is 8.13. The average Bonchev–Trinajstić information content (AvgIpc) is 2.51. The van der Waals surface area contributed by atoms with Crippen LogP contribution in [0.3, 0.4) is 0 Å². The fourth-order valence-electron chi connectivity index (χ4n) is 2.22. The second-order valence-corrected chi connectivity index (χ2v) is 6.43. The van der Waals surface area contributed by atoms with E-state index in [0.717, 1.165) is 6.42 Å². The van der Waals surface area contributed by atoms with Gasteiger partial charge in [0.2, 0.25) is 0 Å². The van der Waals surface area contributed by atoms with Crippen molar-refractivity contribution in [3.05, 3.63) is 0 Å². The van der Waals surface area contributed by atoms with Crippen LogP contribution in [0.15, 0.2) is 0 Å². The van der Waals surface area contributed by atoms with Crippen molar-refractivity contribution in [2.24, 2.45) is 17.3 Å². The highest BCUT2D eigenvalue weighted by atomic mass is 16.7. The average molecular weight is 304 g/mol. The Morgan fingerprint density at radius 2 is 1.81 bits per heavy atom. The summed E-state index contributed by atoms with van der Waals surface area (Å²) in [5.74, 6) is 0.573. The van der Waals surface area contributed by atoms with E-state index in [4.69, 9.17) is 18.9 Å². The van der Waals surface area contributed by atoms with Gasteiger partial charge in [0.1, 0.15) is 0 Å². The lowest BCUT2D eigenvalue weighted by Gasteiger charge is -2.37. The van der Waals surface area contributed by atoms with E-state index in [0.29, 0.717) is 32.3 Å². The summed E-state index contributed by atoms with van der Waals surface area (Å²) in [4.78, 5) is 0. The van der Waals surface area contributed by atoms with Crippen LogP contribution in [0.2, 0.25) is 0 Å². The van der Waals surface area contributed by atoms with Crippen LogP contribution in [0.5, 0.6) is 0 Å². The van der Waals surface area contributed by atoms with Gasteiger partial charge < -0.3 is 24.1 Å². The van der Waals surface area contributed by atoms with Gasteiger partial charge in [-0.2, -0.15) is 0 Å². The molecular formula is C16H32O5. The summed E-state index contributed by atoms with van der Waals surface area (Å²) in [6, 6.07) is 0. The molecule has 0 spiro atoms. The first-order valence-electron chi connectivity index (χ1n) is 8.04. The summed E-state index contributed by atoms with van der Waals surface area (Å²) in [7, 11) is 0. The second kappa shape index (κ2) is 9.06. The summed E-state index contributed by atoms with van der Waals surface area (Å²) in [5, 5.41) is 9.61. The first-order valence-corrected chi connectivity index (χ1v) is 8.04. The standard InChI is InChI=1S/C16H32O5/c1-6-16(5,11-17)15(18-7-2)21-10-13-8-19-14(12(3)4)20-9-13/h12-15,17H,6-11H2,1-5H3. The van der Waals surface area contributed by atoms with E-state index in [9.17, 15) is 5.11 Å². The zero-order chi connectivity index (χ0) is 15.9. The Bertz CT molecular complexity index is 270. The summed E-state index contributed by atoms with van der Waals surface area (Å²) in [6.07, 6.45) is 0.281. The van der Waals surface area contributed by atoms with Crippen molar-refractivity contribution in [3.63, 3.8) is 0 Å². The predicted molar refractivity (Wildman–Crippen MR) is 80.9 cm³/mol. The van der Waals surface area contributed by atoms with E-state index in [1.54, 1.807) is 0 Å². The zero-order valence-electron chi connectivity index (χ0n) is 14.1. The Morgan fingerprint density at radius 1 is 1.19 bits per heavy atom. The lowest BCUT2D eigenvalue weighted by atomic mass is 9.87. The third-order valence-electron chi connectivity index (χ3n) is 4.08. The van der Waals surface area contributed by atoms with Gasteiger partial charge in [-0.1, -0.05) is 27.7 Å². The maximum Gasteiger partial charge on any atom is 0.165 e. The van der Waals surface area contributed by atoms with Gasteiger partial charge >= 0.3 is 0 Å². The van der Waals surface area contributed by atoms with Crippen molar-refractivity contribution >= 4 is 0 Å². The first kappa shape index (κ1) is 18.8. The number of aliphatic hydroxyl groups is 1. The number of hydrogen-bond donors (Lipinski definition) is 1. The lowest BCUT2D eigenvalue weighted by Crippen LogP contribution is -2.42. The Hall–Kier alpha value is -0.200. The second-order valence-electron chi connectivity index (χ2n) is 6.43. The van der Waals surface area contributed by atoms with Crippen molar-refractivity contribution in [2.45, 2.75) is 53.6 Å². The van der Waals surface area contributed by atoms with Gasteiger partial charge in [-0.15, -0.1) is 0 Å².